The molecule has 0 aliphatic heterocycles. The molecule has 1 N–H and O–H groups in total. The highest BCUT2D eigenvalue weighted by atomic mass is 32.1. The lowest BCUT2D eigenvalue weighted by Gasteiger charge is -2.11. The van der Waals surface area contributed by atoms with Crippen molar-refractivity contribution in [1.82, 2.24) is 20.1 Å². The number of amides is 1. The highest BCUT2D eigenvalue weighted by Gasteiger charge is 2.15. The van der Waals surface area contributed by atoms with E-state index in [0.29, 0.717) is 22.8 Å². The lowest BCUT2D eigenvalue weighted by Crippen LogP contribution is -2.32. The molecule has 0 radical (unpaired) electrons. The van der Waals surface area contributed by atoms with Crippen LogP contribution in [0.1, 0.15) is 16.1 Å². The highest BCUT2D eigenvalue weighted by molar-refractivity contribution is 7.23. The molecule has 4 aromatic rings. The summed E-state index contributed by atoms with van der Waals surface area (Å²) in [6.07, 6.45) is 0. The first-order valence-corrected chi connectivity index (χ1v) is 11.8. The van der Waals surface area contributed by atoms with Gasteiger partial charge in [-0.05, 0) is 36.6 Å². The molecule has 0 fully saturated rings. The van der Waals surface area contributed by atoms with Crippen LogP contribution in [0.3, 0.4) is 0 Å². The zero-order chi connectivity index (χ0) is 23.4. The van der Waals surface area contributed by atoms with E-state index in [1.165, 1.54) is 17.9 Å². The van der Waals surface area contributed by atoms with E-state index in [1.807, 2.05) is 24.4 Å². The van der Waals surface area contributed by atoms with Gasteiger partial charge in [0.05, 0.1) is 41.8 Å². The van der Waals surface area contributed by atoms with E-state index in [4.69, 9.17) is 9.47 Å². The van der Waals surface area contributed by atoms with E-state index in [-0.39, 0.29) is 24.6 Å². The second-order valence-electron chi connectivity index (χ2n) is 7.01. The van der Waals surface area contributed by atoms with Crippen LogP contribution < -0.4 is 20.3 Å². The number of nitrogens with zero attached hydrogens (tertiary/aromatic N) is 3. The van der Waals surface area contributed by atoms with E-state index >= 15 is 0 Å². The Labute approximate surface area is 198 Å². The Morgan fingerprint density at radius 2 is 2.00 bits per heavy atom. The van der Waals surface area contributed by atoms with Crippen LogP contribution in [-0.2, 0) is 6.54 Å². The van der Waals surface area contributed by atoms with Crippen molar-refractivity contribution in [3.63, 3.8) is 0 Å². The molecular weight excluding hydrogens is 460 g/mol. The summed E-state index contributed by atoms with van der Waals surface area (Å²) in [7, 11) is 3.04. The van der Waals surface area contributed by atoms with Gasteiger partial charge in [-0.25, -0.2) is 9.67 Å². The fraction of sp³-hybridized carbons (Fsp3) is 0.217. The van der Waals surface area contributed by atoms with E-state index in [1.54, 1.807) is 54.0 Å². The van der Waals surface area contributed by atoms with E-state index in [2.05, 4.69) is 15.4 Å². The molecule has 1 amide bonds. The Morgan fingerprint density at radius 3 is 2.73 bits per heavy atom. The average Bonchev–Trinajstić information content (AvgIpc) is 3.49. The number of methoxy groups -OCH3 is 2. The van der Waals surface area contributed by atoms with Gasteiger partial charge in [0, 0.05) is 18.7 Å². The topological polar surface area (TPSA) is 95.3 Å². The fourth-order valence-electron chi connectivity index (χ4n) is 3.23. The fourth-order valence-corrected chi connectivity index (χ4v) is 5.05. The van der Waals surface area contributed by atoms with Crippen molar-refractivity contribution >= 4 is 28.6 Å². The van der Waals surface area contributed by atoms with Gasteiger partial charge in [0.1, 0.15) is 22.2 Å². The molecule has 0 saturated carbocycles. The molecule has 3 heterocycles. The van der Waals surface area contributed by atoms with Crippen LogP contribution in [0, 0.1) is 6.92 Å². The summed E-state index contributed by atoms with van der Waals surface area (Å²) in [6.45, 7) is 2.39. The molecule has 4 rings (SSSR count). The summed E-state index contributed by atoms with van der Waals surface area (Å²) < 4.78 is 11.8. The summed E-state index contributed by atoms with van der Waals surface area (Å²) in [5.41, 5.74) is 1.68. The van der Waals surface area contributed by atoms with Gasteiger partial charge in [-0.15, -0.1) is 22.7 Å². The average molecular weight is 483 g/mol. The Bertz CT molecular complexity index is 1330. The van der Waals surface area contributed by atoms with E-state index < -0.39 is 0 Å². The molecular formula is C23H22N4O4S2. The highest BCUT2D eigenvalue weighted by Crippen LogP contribution is 2.35. The minimum Gasteiger partial charge on any atom is -0.497 e. The lowest BCUT2D eigenvalue weighted by atomic mass is 10.1. The summed E-state index contributed by atoms with van der Waals surface area (Å²) in [6, 6.07) is 12.2. The molecule has 3 aromatic heterocycles. The predicted octanol–water partition coefficient (Wildman–Crippen LogP) is 3.85. The van der Waals surface area contributed by atoms with Crippen LogP contribution in [0.25, 0.3) is 20.5 Å². The minimum atomic E-state index is -0.308. The van der Waals surface area contributed by atoms with Gasteiger partial charge in [-0.3, -0.25) is 9.59 Å². The third kappa shape index (κ3) is 4.96. The summed E-state index contributed by atoms with van der Waals surface area (Å²) >= 11 is 3.18. The molecule has 1 aromatic carbocycles. The first-order valence-electron chi connectivity index (χ1n) is 10.1. The van der Waals surface area contributed by atoms with E-state index in [9.17, 15) is 9.59 Å². The number of nitrogens with one attached hydrogen (secondary N) is 1. The molecule has 33 heavy (non-hydrogen) atoms. The summed E-state index contributed by atoms with van der Waals surface area (Å²) in [5.74, 6) is 0.695. The predicted molar refractivity (Wildman–Crippen MR) is 130 cm³/mol. The van der Waals surface area contributed by atoms with Crippen molar-refractivity contribution in [2.24, 2.45) is 0 Å². The molecule has 8 nitrogen and oxygen atoms in total. The molecule has 0 aliphatic rings. The van der Waals surface area contributed by atoms with Crippen LogP contribution >= 0.6 is 22.7 Å². The van der Waals surface area contributed by atoms with Crippen LogP contribution in [0.5, 0.6) is 11.5 Å². The number of carbonyl (C=O) groups is 1. The monoisotopic (exact) mass is 482 g/mol. The SMILES string of the molecule is COc1ccc(C(=O)NCCn2nc(-c3sc(-c4cccs4)nc3C)ccc2=O)c(OC)c1. The quantitative estimate of drug-likeness (QED) is 0.410. The number of thiazole rings is 1. The van der Waals surface area contributed by atoms with Gasteiger partial charge in [0.2, 0.25) is 0 Å². The van der Waals surface area contributed by atoms with Crippen LogP contribution in [0.4, 0.5) is 0 Å². The molecule has 170 valence electrons. The van der Waals surface area contributed by atoms with Crippen LogP contribution in [0.15, 0.2) is 52.6 Å². The van der Waals surface area contributed by atoms with E-state index in [0.717, 1.165) is 20.5 Å². The second-order valence-corrected chi connectivity index (χ2v) is 8.96. The molecule has 0 spiro atoms. The number of aryl methyl sites for hydroxylation is 1. The van der Waals surface area contributed by atoms with Crippen molar-refractivity contribution in [1.29, 1.82) is 0 Å². The number of carbonyl (C=O) groups excluding carboxylic acids is 1. The second kappa shape index (κ2) is 9.97. The van der Waals surface area contributed by atoms with Crippen molar-refractivity contribution in [3.05, 3.63) is 69.5 Å². The van der Waals surface area contributed by atoms with Crippen molar-refractivity contribution < 1.29 is 14.3 Å². The van der Waals surface area contributed by atoms with Crippen molar-refractivity contribution in [3.8, 4) is 32.0 Å². The molecule has 0 bridgehead atoms. The zero-order valence-electron chi connectivity index (χ0n) is 18.3. The van der Waals surface area contributed by atoms with Crippen LogP contribution in [0.2, 0.25) is 0 Å². The number of hydrogen-bond acceptors (Lipinski definition) is 8. The van der Waals surface area contributed by atoms with Gasteiger partial charge >= 0.3 is 0 Å². The number of aromatic nitrogens is 3. The number of ether oxygens (including phenoxy) is 2. The Morgan fingerprint density at radius 1 is 1.15 bits per heavy atom. The molecule has 0 saturated heterocycles. The minimum absolute atomic E-state index is 0.229. The number of thiophene rings is 1. The first kappa shape index (κ1) is 22.7. The van der Waals surface area contributed by atoms with Crippen molar-refractivity contribution in [2.75, 3.05) is 20.8 Å². The maximum atomic E-state index is 12.6. The van der Waals surface area contributed by atoms with Gasteiger partial charge < -0.3 is 14.8 Å². The van der Waals surface area contributed by atoms with Crippen LogP contribution in [-0.4, -0.2) is 41.4 Å². The van der Waals surface area contributed by atoms with Gasteiger partial charge in [0.25, 0.3) is 11.5 Å². The largest absolute Gasteiger partial charge is 0.497 e. The smallest absolute Gasteiger partial charge is 0.266 e. The molecule has 0 atom stereocenters. The van der Waals surface area contributed by atoms with Crippen molar-refractivity contribution in [2.45, 2.75) is 13.5 Å². The first-order chi connectivity index (χ1) is 16.0. The number of rotatable bonds is 8. The maximum absolute atomic E-state index is 12.6. The third-order valence-electron chi connectivity index (χ3n) is 4.89. The standard InChI is InChI=1S/C23H22N4O4S2/c1-14-21(33-23(25-14)19-5-4-12-32-19)17-8-9-20(28)27(26-17)11-10-24-22(29)16-7-6-15(30-2)13-18(16)31-3/h4-9,12-13H,10-11H2,1-3H3,(H,24,29). The normalized spacial score (nSPS) is 10.8. The lowest BCUT2D eigenvalue weighted by molar-refractivity contribution is 0.0948. The van der Waals surface area contributed by atoms with Gasteiger partial charge in [-0.1, -0.05) is 6.07 Å². The zero-order valence-corrected chi connectivity index (χ0v) is 20.0. The Balaban J connectivity index is 1.47. The number of hydrogen-bond donors (Lipinski definition) is 1. The molecule has 0 aliphatic carbocycles. The number of benzene rings is 1. The van der Waals surface area contributed by atoms with Gasteiger partial charge in [0.15, 0.2) is 0 Å². The summed E-state index contributed by atoms with van der Waals surface area (Å²) in [5, 5.41) is 10.3. The van der Waals surface area contributed by atoms with Gasteiger partial charge in [-0.2, -0.15) is 5.10 Å². The molecule has 10 heteroatoms. The Kier molecular flexibility index (Phi) is 6.85. The molecule has 0 unspecified atom stereocenters. The summed E-state index contributed by atoms with van der Waals surface area (Å²) in [4.78, 5) is 31.6. The third-order valence-corrected chi connectivity index (χ3v) is 7.11. The maximum Gasteiger partial charge on any atom is 0.266 e. The Hall–Kier alpha value is -3.50.